The maximum atomic E-state index is 12.1. The van der Waals surface area contributed by atoms with Crippen LogP contribution in [0.1, 0.15) is 39.2 Å². The molecule has 0 radical (unpaired) electrons. The maximum Gasteiger partial charge on any atom is 0.331 e. The van der Waals surface area contributed by atoms with Crippen LogP contribution in [0.5, 0.6) is 0 Å². The van der Waals surface area contributed by atoms with E-state index in [1.54, 1.807) is 6.08 Å². The van der Waals surface area contributed by atoms with E-state index >= 15 is 0 Å². The van der Waals surface area contributed by atoms with Gasteiger partial charge in [0.15, 0.2) is 0 Å². The highest BCUT2D eigenvalue weighted by Gasteiger charge is 2.29. The summed E-state index contributed by atoms with van der Waals surface area (Å²) >= 11 is 2.14. The van der Waals surface area contributed by atoms with Gasteiger partial charge in [0.05, 0.1) is 6.10 Å². The third-order valence-electron chi connectivity index (χ3n) is 4.29. The van der Waals surface area contributed by atoms with E-state index in [1.807, 2.05) is 54.3 Å². The van der Waals surface area contributed by atoms with E-state index in [-0.39, 0.29) is 23.9 Å². The summed E-state index contributed by atoms with van der Waals surface area (Å²) in [5.41, 5.74) is 0.950. The SMILES string of the molecule is CC[C@H](C)[C@@H](O)[C@@H](C)[C@H](C/C=C/I)OC(=O)/C=C/c1ccccc1. The topological polar surface area (TPSA) is 46.5 Å². The van der Waals surface area contributed by atoms with Crippen LogP contribution < -0.4 is 0 Å². The fraction of sp³-hybridized carbons (Fsp3) is 0.450. The quantitative estimate of drug-likeness (QED) is 0.333. The van der Waals surface area contributed by atoms with Gasteiger partial charge in [-0.15, -0.1) is 0 Å². The molecule has 24 heavy (non-hydrogen) atoms. The number of aliphatic hydroxyl groups is 1. The number of hydrogen-bond donors (Lipinski definition) is 1. The zero-order valence-corrected chi connectivity index (χ0v) is 16.7. The molecule has 4 atom stereocenters. The number of carbonyl (C=O) groups excluding carboxylic acids is 1. The van der Waals surface area contributed by atoms with Crippen LogP contribution in [0.15, 0.2) is 46.6 Å². The van der Waals surface area contributed by atoms with Crippen LogP contribution in [-0.2, 0) is 9.53 Å². The van der Waals surface area contributed by atoms with Gasteiger partial charge in [-0.25, -0.2) is 4.79 Å². The standard InChI is InChI=1S/C20H27IO3/c1-4-15(2)20(23)16(3)18(11-8-14-21)24-19(22)13-12-17-9-6-5-7-10-17/h5-10,12-16,18,20,23H,4,11H2,1-3H3/b13-12+,14-8+/t15-,16-,18-,20+/m0/s1. The van der Waals surface area contributed by atoms with E-state index < -0.39 is 6.10 Å². The molecule has 0 aliphatic carbocycles. The number of ether oxygens (including phenoxy) is 1. The number of rotatable bonds is 9. The Labute approximate surface area is 158 Å². The summed E-state index contributed by atoms with van der Waals surface area (Å²) in [4.78, 5) is 12.1. The Balaban J connectivity index is 2.74. The molecule has 132 valence electrons. The molecule has 1 aromatic rings. The van der Waals surface area contributed by atoms with E-state index in [0.29, 0.717) is 6.42 Å². The number of aliphatic hydroxyl groups excluding tert-OH is 1. The molecule has 0 bridgehead atoms. The average Bonchev–Trinajstić information content (AvgIpc) is 2.62. The van der Waals surface area contributed by atoms with Crippen LogP contribution in [0.3, 0.4) is 0 Å². The van der Waals surface area contributed by atoms with Crippen LogP contribution in [0.25, 0.3) is 6.08 Å². The number of esters is 1. The lowest BCUT2D eigenvalue weighted by Crippen LogP contribution is -2.36. The Kier molecular flexibility index (Phi) is 9.95. The molecule has 4 heteroatoms. The monoisotopic (exact) mass is 442 g/mol. The minimum atomic E-state index is -0.492. The molecule has 1 aromatic carbocycles. The van der Waals surface area contributed by atoms with Crippen molar-refractivity contribution in [1.29, 1.82) is 0 Å². The van der Waals surface area contributed by atoms with Crippen molar-refractivity contribution in [3.63, 3.8) is 0 Å². The third-order valence-corrected chi connectivity index (χ3v) is 4.80. The molecule has 0 fully saturated rings. The molecule has 0 aliphatic rings. The van der Waals surface area contributed by atoms with E-state index in [4.69, 9.17) is 4.74 Å². The van der Waals surface area contributed by atoms with Crippen molar-refractivity contribution in [2.45, 2.75) is 45.8 Å². The van der Waals surface area contributed by atoms with Crippen LogP contribution in [0.2, 0.25) is 0 Å². The second kappa shape index (κ2) is 11.4. The first-order valence-electron chi connectivity index (χ1n) is 8.36. The van der Waals surface area contributed by atoms with E-state index in [2.05, 4.69) is 29.5 Å². The lowest BCUT2D eigenvalue weighted by atomic mass is 9.87. The number of halogens is 1. The normalized spacial score (nSPS) is 16.9. The molecule has 0 saturated heterocycles. The van der Waals surface area contributed by atoms with Gasteiger partial charge in [0, 0.05) is 18.4 Å². The highest BCUT2D eigenvalue weighted by Crippen LogP contribution is 2.23. The van der Waals surface area contributed by atoms with Crippen molar-refractivity contribution in [2.24, 2.45) is 11.8 Å². The zero-order chi connectivity index (χ0) is 17.9. The first-order valence-corrected chi connectivity index (χ1v) is 9.61. The van der Waals surface area contributed by atoms with Crippen LogP contribution in [0.4, 0.5) is 0 Å². The summed E-state index contributed by atoms with van der Waals surface area (Å²) < 4.78 is 7.52. The van der Waals surface area contributed by atoms with Gasteiger partial charge in [0.25, 0.3) is 0 Å². The van der Waals surface area contributed by atoms with Crippen LogP contribution >= 0.6 is 22.6 Å². The van der Waals surface area contributed by atoms with Crippen molar-refractivity contribution in [3.05, 3.63) is 52.1 Å². The maximum absolute atomic E-state index is 12.1. The predicted molar refractivity (Wildman–Crippen MR) is 108 cm³/mol. The van der Waals surface area contributed by atoms with E-state index in [1.165, 1.54) is 6.08 Å². The molecule has 3 nitrogen and oxygen atoms in total. The van der Waals surface area contributed by atoms with E-state index in [0.717, 1.165) is 12.0 Å². The van der Waals surface area contributed by atoms with Crippen LogP contribution in [-0.4, -0.2) is 23.3 Å². The number of hydrogen-bond acceptors (Lipinski definition) is 3. The Bertz CT molecular complexity index is 539. The summed E-state index contributed by atoms with van der Waals surface area (Å²) in [6.45, 7) is 6.01. The van der Waals surface area contributed by atoms with Gasteiger partial charge in [-0.2, -0.15) is 0 Å². The molecular weight excluding hydrogens is 415 g/mol. The summed E-state index contributed by atoms with van der Waals surface area (Å²) in [6.07, 6.45) is 5.80. The van der Waals surface area contributed by atoms with Gasteiger partial charge in [0.1, 0.15) is 6.10 Å². The number of carbonyl (C=O) groups is 1. The summed E-state index contributed by atoms with van der Waals surface area (Å²) in [5.74, 6) is -0.333. The van der Waals surface area contributed by atoms with Gasteiger partial charge in [0.2, 0.25) is 0 Å². The Hall–Kier alpha value is -1.14. The largest absolute Gasteiger partial charge is 0.458 e. The first kappa shape index (κ1) is 20.9. The highest BCUT2D eigenvalue weighted by molar-refractivity contribution is 14.1. The molecule has 0 aromatic heterocycles. The van der Waals surface area contributed by atoms with Crippen molar-refractivity contribution in [1.82, 2.24) is 0 Å². The molecule has 0 saturated carbocycles. The molecule has 0 aliphatic heterocycles. The Morgan fingerprint density at radius 2 is 1.96 bits per heavy atom. The lowest BCUT2D eigenvalue weighted by molar-refractivity contribution is -0.148. The molecule has 0 unspecified atom stereocenters. The van der Waals surface area contributed by atoms with Crippen molar-refractivity contribution < 1.29 is 14.6 Å². The molecular formula is C20H27IO3. The third kappa shape index (κ3) is 7.18. The second-order valence-electron chi connectivity index (χ2n) is 6.05. The molecule has 0 spiro atoms. The van der Waals surface area contributed by atoms with Crippen molar-refractivity contribution in [3.8, 4) is 0 Å². The molecule has 1 rings (SSSR count). The molecule has 1 N–H and O–H groups in total. The molecule has 0 heterocycles. The number of benzene rings is 1. The van der Waals surface area contributed by atoms with Gasteiger partial charge < -0.3 is 9.84 Å². The zero-order valence-electron chi connectivity index (χ0n) is 14.6. The fourth-order valence-corrected chi connectivity index (χ4v) is 2.75. The fourth-order valence-electron chi connectivity index (χ4n) is 2.45. The van der Waals surface area contributed by atoms with Gasteiger partial charge in [-0.3, -0.25) is 0 Å². The van der Waals surface area contributed by atoms with Crippen molar-refractivity contribution in [2.75, 3.05) is 0 Å². The smallest absolute Gasteiger partial charge is 0.331 e. The Morgan fingerprint density at radius 1 is 1.29 bits per heavy atom. The summed E-state index contributed by atoms with van der Waals surface area (Å²) in [7, 11) is 0. The second-order valence-corrected chi connectivity index (χ2v) is 6.77. The van der Waals surface area contributed by atoms with Gasteiger partial charge in [-0.05, 0) is 21.6 Å². The van der Waals surface area contributed by atoms with Crippen molar-refractivity contribution >= 4 is 34.6 Å². The summed E-state index contributed by atoms with van der Waals surface area (Å²) in [6, 6.07) is 9.62. The lowest BCUT2D eigenvalue weighted by Gasteiger charge is -2.30. The first-order chi connectivity index (χ1) is 11.5. The summed E-state index contributed by atoms with van der Waals surface area (Å²) in [5, 5.41) is 10.4. The minimum absolute atomic E-state index is 0.123. The average molecular weight is 442 g/mol. The molecule has 0 amide bonds. The van der Waals surface area contributed by atoms with Gasteiger partial charge >= 0.3 is 5.97 Å². The minimum Gasteiger partial charge on any atom is -0.458 e. The van der Waals surface area contributed by atoms with Gasteiger partial charge in [-0.1, -0.05) is 86.2 Å². The Morgan fingerprint density at radius 3 is 2.54 bits per heavy atom. The van der Waals surface area contributed by atoms with Crippen LogP contribution in [0, 0.1) is 11.8 Å². The highest BCUT2D eigenvalue weighted by atomic mass is 127. The van der Waals surface area contributed by atoms with E-state index in [9.17, 15) is 9.90 Å². The predicted octanol–water partition coefficient (Wildman–Crippen LogP) is 4.99.